The van der Waals surface area contributed by atoms with Gasteiger partial charge < -0.3 is 10.2 Å². The van der Waals surface area contributed by atoms with E-state index in [0.29, 0.717) is 11.8 Å². The predicted octanol–water partition coefficient (Wildman–Crippen LogP) is 2.80. The third kappa shape index (κ3) is 4.48. The quantitative estimate of drug-likeness (QED) is 0.794. The summed E-state index contributed by atoms with van der Waals surface area (Å²) in [5.41, 5.74) is 0. The molecule has 1 saturated heterocycles. The Bertz CT molecular complexity index is 264. The van der Waals surface area contributed by atoms with E-state index in [4.69, 9.17) is 0 Å². The molecule has 0 aromatic rings. The second-order valence-electron chi connectivity index (χ2n) is 6.35. The number of nitrogens with zero attached hydrogens (tertiary/aromatic N) is 1. The number of carbonyl (C=O) groups is 1. The number of piperidine rings is 1. The first kappa shape index (κ1) is 14.8. The van der Waals surface area contributed by atoms with E-state index in [0.717, 1.165) is 38.4 Å². The van der Waals surface area contributed by atoms with Crippen molar-refractivity contribution in [3.63, 3.8) is 0 Å². The molecule has 2 fully saturated rings. The summed E-state index contributed by atoms with van der Waals surface area (Å²) in [6.07, 6.45) is 11.1. The lowest BCUT2D eigenvalue weighted by molar-refractivity contribution is -0.137. The Morgan fingerprint density at radius 2 is 1.68 bits per heavy atom. The van der Waals surface area contributed by atoms with E-state index in [2.05, 4.69) is 10.2 Å². The van der Waals surface area contributed by atoms with E-state index in [1.807, 2.05) is 7.05 Å². The molecule has 1 saturated carbocycles. The molecule has 3 nitrogen and oxygen atoms in total. The molecule has 0 aromatic carbocycles. The highest BCUT2D eigenvalue weighted by Crippen LogP contribution is 2.27. The first-order valence-electron chi connectivity index (χ1n) is 8.24. The molecule has 0 bridgehead atoms. The fraction of sp³-hybridized carbons (Fsp3) is 0.938. The molecule has 0 spiro atoms. The number of amides is 1. The fourth-order valence-electron chi connectivity index (χ4n) is 3.58. The summed E-state index contributed by atoms with van der Waals surface area (Å²) in [7, 11) is 2.02. The van der Waals surface area contributed by atoms with Crippen LogP contribution in [-0.4, -0.2) is 37.5 Å². The first-order chi connectivity index (χ1) is 9.31. The van der Waals surface area contributed by atoms with Gasteiger partial charge in [-0.3, -0.25) is 4.79 Å². The topological polar surface area (TPSA) is 32.3 Å². The molecule has 1 N–H and O–H groups in total. The molecule has 1 heterocycles. The molecule has 1 amide bonds. The van der Waals surface area contributed by atoms with Crippen LogP contribution in [0.1, 0.15) is 57.8 Å². The monoisotopic (exact) mass is 266 g/mol. The molecule has 0 radical (unpaired) electrons. The highest BCUT2D eigenvalue weighted by molar-refractivity contribution is 5.78. The average Bonchev–Trinajstić information content (AvgIpc) is 2.74. The summed E-state index contributed by atoms with van der Waals surface area (Å²) in [6, 6.07) is 0. The highest BCUT2D eigenvalue weighted by atomic mass is 16.2. The van der Waals surface area contributed by atoms with Crippen LogP contribution >= 0.6 is 0 Å². The number of carbonyl (C=O) groups excluding carboxylic acids is 1. The predicted molar refractivity (Wildman–Crippen MR) is 79.0 cm³/mol. The van der Waals surface area contributed by atoms with Crippen LogP contribution in [0.2, 0.25) is 0 Å². The van der Waals surface area contributed by atoms with Crippen LogP contribution < -0.4 is 5.32 Å². The van der Waals surface area contributed by atoms with E-state index >= 15 is 0 Å². The Labute approximate surface area is 118 Å². The van der Waals surface area contributed by atoms with Gasteiger partial charge in [0.2, 0.25) is 5.91 Å². The van der Waals surface area contributed by atoms with Crippen LogP contribution in [0.3, 0.4) is 0 Å². The molecular weight excluding hydrogens is 236 g/mol. The van der Waals surface area contributed by atoms with Crippen molar-refractivity contribution in [3.05, 3.63) is 0 Å². The van der Waals surface area contributed by atoms with Crippen molar-refractivity contribution in [2.45, 2.75) is 57.8 Å². The van der Waals surface area contributed by atoms with E-state index < -0.39 is 0 Å². The van der Waals surface area contributed by atoms with Crippen molar-refractivity contribution in [1.82, 2.24) is 10.2 Å². The van der Waals surface area contributed by atoms with Gasteiger partial charge in [0.05, 0.1) is 0 Å². The minimum Gasteiger partial charge on any atom is -0.342 e. The molecule has 0 atom stereocenters. The SMILES string of the molecule is CNCCC1CCN(C(=O)C2CCCCCC2)CC1. The van der Waals surface area contributed by atoms with Crippen LogP contribution in [0.5, 0.6) is 0 Å². The normalized spacial score (nSPS) is 23.3. The van der Waals surface area contributed by atoms with Gasteiger partial charge >= 0.3 is 0 Å². The van der Waals surface area contributed by atoms with Crippen LogP contribution in [0.25, 0.3) is 0 Å². The van der Waals surface area contributed by atoms with Gasteiger partial charge in [0.25, 0.3) is 0 Å². The van der Waals surface area contributed by atoms with Gasteiger partial charge in [-0.05, 0) is 51.6 Å². The average molecular weight is 266 g/mol. The Balaban J connectivity index is 1.75. The highest BCUT2D eigenvalue weighted by Gasteiger charge is 2.28. The number of nitrogens with one attached hydrogen (secondary N) is 1. The lowest BCUT2D eigenvalue weighted by atomic mass is 9.91. The van der Waals surface area contributed by atoms with E-state index in [1.165, 1.54) is 44.9 Å². The molecule has 1 aliphatic carbocycles. The van der Waals surface area contributed by atoms with Crippen molar-refractivity contribution in [3.8, 4) is 0 Å². The maximum atomic E-state index is 12.5. The van der Waals surface area contributed by atoms with Crippen LogP contribution in [0.15, 0.2) is 0 Å². The lowest BCUT2D eigenvalue weighted by Gasteiger charge is -2.34. The van der Waals surface area contributed by atoms with Crippen LogP contribution in [-0.2, 0) is 4.79 Å². The largest absolute Gasteiger partial charge is 0.342 e. The van der Waals surface area contributed by atoms with Crippen molar-refractivity contribution in [2.75, 3.05) is 26.7 Å². The zero-order valence-electron chi connectivity index (χ0n) is 12.5. The second-order valence-corrected chi connectivity index (χ2v) is 6.35. The Morgan fingerprint density at radius 3 is 2.26 bits per heavy atom. The van der Waals surface area contributed by atoms with Gasteiger partial charge in [0, 0.05) is 19.0 Å². The number of likely N-dealkylation sites (tertiary alicyclic amines) is 1. The molecule has 0 aromatic heterocycles. The van der Waals surface area contributed by atoms with Crippen LogP contribution in [0.4, 0.5) is 0 Å². The molecule has 2 rings (SSSR count). The Kier molecular flexibility index (Phi) is 6.15. The third-order valence-electron chi connectivity index (χ3n) is 4.93. The molecular formula is C16H30N2O. The minimum atomic E-state index is 0.344. The van der Waals surface area contributed by atoms with Crippen molar-refractivity contribution < 1.29 is 4.79 Å². The van der Waals surface area contributed by atoms with Crippen molar-refractivity contribution in [2.24, 2.45) is 11.8 Å². The molecule has 110 valence electrons. The molecule has 19 heavy (non-hydrogen) atoms. The van der Waals surface area contributed by atoms with Gasteiger partial charge in [-0.25, -0.2) is 0 Å². The van der Waals surface area contributed by atoms with Gasteiger partial charge in [0.15, 0.2) is 0 Å². The summed E-state index contributed by atoms with van der Waals surface area (Å²) < 4.78 is 0. The molecule has 3 heteroatoms. The summed E-state index contributed by atoms with van der Waals surface area (Å²) in [4.78, 5) is 14.7. The number of rotatable bonds is 4. The van der Waals surface area contributed by atoms with Crippen molar-refractivity contribution >= 4 is 5.91 Å². The Hall–Kier alpha value is -0.570. The third-order valence-corrected chi connectivity index (χ3v) is 4.93. The fourth-order valence-corrected chi connectivity index (χ4v) is 3.58. The molecule has 2 aliphatic rings. The van der Waals surface area contributed by atoms with E-state index in [1.54, 1.807) is 0 Å². The molecule has 1 aliphatic heterocycles. The zero-order chi connectivity index (χ0) is 13.5. The number of hydrogen-bond acceptors (Lipinski definition) is 2. The van der Waals surface area contributed by atoms with E-state index in [-0.39, 0.29) is 0 Å². The minimum absolute atomic E-state index is 0.344. The van der Waals surface area contributed by atoms with Crippen LogP contribution in [0, 0.1) is 11.8 Å². The smallest absolute Gasteiger partial charge is 0.225 e. The van der Waals surface area contributed by atoms with Crippen molar-refractivity contribution in [1.29, 1.82) is 0 Å². The van der Waals surface area contributed by atoms with Gasteiger partial charge in [-0.2, -0.15) is 0 Å². The Morgan fingerprint density at radius 1 is 1.05 bits per heavy atom. The maximum Gasteiger partial charge on any atom is 0.225 e. The maximum absolute atomic E-state index is 12.5. The zero-order valence-corrected chi connectivity index (χ0v) is 12.5. The first-order valence-corrected chi connectivity index (χ1v) is 8.24. The second kappa shape index (κ2) is 7.88. The standard InChI is InChI=1S/C16H30N2O/c1-17-11-8-14-9-12-18(13-10-14)16(19)15-6-4-2-3-5-7-15/h14-15,17H,2-13H2,1H3. The van der Waals surface area contributed by atoms with Gasteiger partial charge in [0.1, 0.15) is 0 Å². The number of hydrogen-bond donors (Lipinski definition) is 1. The van der Waals surface area contributed by atoms with Gasteiger partial charge in [-0.1, -0.05) is 25.7 Å². The summed E-state index contributed by atoms with van der Waals surface area (Å²) in [5.74, 6) is 1.64. The van der Waals surface area contributed by atoms with E-state index in [9.17, 15) is 4.79 Å². The van der Waals surface area contributed by atoms with Gasteiger partial charge in [-0.15, -0.1) is 0 Å². The summed E-state index contributed by atoms with van der Waals surface area (Å²) in [5, 5.41) is 3.23. The molecule has 0 unspecified atom stereocenters. The lowest BCUT2D eigenvalue weighted by Crippen LogP contribution is -2.42. The summed E-state index contributed by atoms with van der Waals surface area (Å²) >= 11 is 0. The summed E-state index contributed by atoms with van der Waals surface area (Å²) in [6.45, 7) is 3.12.